The van der Waals surface area contributed by atoms with Crippen LogP contribution < -0.4 is 10.2 Å². The van der Waals surface area contributed by atoms with Crippen LogP contribution in [0.5, 0.6) is 0 Å². The largest absolute Gasteiger partial charge is 0.368 e. The first-order valence-electron chi connectivity index (χ1n) is 11.7. The van der Waals surface area contributed by atoms with Crippen molar-refractivity contribution in [1.29, 1.82) is 5.26 Å². The van der Waals surface area contributed by atoms with E-state index in [1.807, 2.05) is 24.3 Å². The number of carbonyl (C=O) groups is 2. The molecule has 2 aromatic rings. The molecule has 4 rings (SSSR count). The molecule has 0 unspecified atom stereocenters. The van der Waals surface area contributed by atoms with Gasteiger partial charge in [-0.2, -0.15) is 9.57 Å². The van der Waals surface area contributed by atoms with Crippen molar-refractivity contribution < 1.29 is 18.0 Å². The lowest BCUT2D eigenvalue weighted by molar-refractivity contribution is -0.134. The molecule has 2 fully saturated rings. The van der Waals surface area contributed by atoms with Crippen molar-refractivity contribution in [3.05, 3.63) is 60.2 Å². The number of nitrogens with zero attached hydrogens (tertiary/aromatic N) is 4. The second-order valence-electron chi connectivity index (χ2n) is 8.71. The highest BCUT2D eigenvalue weighted by Crippen LogP contribution is 2.25. The first-order valence-corrected chi connectivity index (χ1v) is 13.2. The third-order valence-corrected chi connectivity index (χ3v) is 8.57. The summed E-state index contributed by atoms with van der Waals surface area (Å²) in [6.45, 7) is 3.01. The summed E-state index contributed by atoms with van der Waals surface area (Å²) < 4.78 is 27.3. The molecule has 0 aromatic heterocycles. The van der Waals surface area contributed by atoms with Gasteiger partial charge in [0.15, 0.2) is 0 Å². The van der Waals surface area contributed by atoms with E-state index in [4.69, 9.17) is 0 Å². The van der Waals surface area contributed by atoms with Crippen molar-refractivity contribution in [2.45, 2.75) is 17.7 Å². The summed E-state index contributed by atoms with van der Waals surface area (Å²) in [7, 11) is -3.80. The summed E-state index contributed by atoms with van der Waals surface area (Å²) >= 11 is 0. The van der Waals surface area contributed by atoms with Crippen molar-refractivity contribution in [3.8, 4) is 6.07 Å². The number of rotatable bonds is 6. The van der Waals surface area contributed by atoms with Gasteiger partial charge >= 0.3 is 0 Å². The molecule has 0 spiro atoms. The van der Waals surface area contributed by atoms with Gasteiger partial charge in [0.25, 0.3) is 0 Å². The number of benzene rings is 2. The molecule has 2 saturated heterocycles. The fourth-order valence-electron chi connectivity index (χ4n) is 4.55. The average molecular weight is 496 g/mol. The maximum absolute atomic E-state index is 13.0. The summed E-state index contributed by atoms with van der Waals surface area (Å²) in [5.41, 5.74) is 1.24. The summed E-state index contributed by atoms with van der Waals surface area (Å²) in [6, 6.07) is 18.1. The highest BCUT2D eigenvalue weighted by atomic mass is 32.2. The Hall–Kier alpha value is -3.42. The molecular weight excluding hydrogens is 466 g/mol. The fourth-order valence-corrected chi connectivity index (χ4v) is 6.16. The van der Waals surface area contributed by atoms with Crippen molar-refractivity contribution in [2.75, 3.05) is 50.7 Å². The van der Waals surface area contributed by atoms with Gasteiger partial charge in [-0.15, -0.1) is 0 Å². The standard InChI is InChI=1S/C25H29N5O4S/c26-18-21-6-4-5-9-23(21)35(33,34)30-12-10-20(11-13-30)25(32)27-19-24(31)29-16-14-28(15-17-29)22-7-2-1-3-8-22/h1-9,20H,10-17,19H2,(H,27,32). The third kappa shape index (κ3) is 5.63. The lowest BCUT2D eigenvalue weighted by Gasteiger charge is -2.36. The SMILES string of the molecule is N#Cc1ccccc1S(=O)(=O)N1CCC(C(=O)NCC(=O)N2CCN(c3ccccc3)CC2)CC1. The second-order valence-corrected chi connectivity index (χ2v) is 10.6. The fraction of sp³-hybridized carbons (Fsp3) is 0.400. The van der Waals surface area contributed by atoms with Crippen LogP contribution in [0.4, 0.5) is 5.69 Å². The molecular formula is C25H29N5O4S. The maximum atomic E-state index is 13.0. The molecule has 2 heterocycles. The highest BCUT2D eigenvalue weighted by Gasteiger charge is 2.33. The summed E-state index contributed by atoms with van der Waals surface area (Å²) in [5.74, 6) is -0.690. The van der Waals surface area contributed by atoms with Crippen LogP contribution in [0.1, 0.15) is 18.4 Å². The first-order chi connectivity index (χ1) is 16.9. The van der Waals surface area contributed by atoms with Crippen molar-refractivity contribution in [3.63, 3.8) is 0 Å². The molecule has 35 heavy (non-hydrogen) atoms. The number of para-hydroxylation sites is 1. The minimum Gasteiger partial charge on any atom is -0.368 e. The van der Waals surface area contributed by atoms with Crippen LogP contribution in [0.3, 0.4) is 0 Å². The molecule has 0 radical (unpaired) electrons. The van der Waals surface area contributed by atoms with E-state index in [9.17, 15) is 23.3 Å². The molecule has 9 nitrogen and oxygen atoms in total. The smallest absolute Gasteiger partial charge is 0.244 e. The monoisotopic (exact) mass is 495 g/mol. The Morgan fingerprint density at radius 2 is 1.54 bits per heavy atom. The quantitative estimate of drug-likeness (QED) is 0.649. The van der Waals surface area contributed by atoms with Crippen LogP contribution in [-0.4, -0.2) is 75.3 Å². The van der Waals surface area contributed by atoms with Crippen LogP contribution in [0.2, 0.25) is 0 Å². The van der Waals surface area contributed by atoms with E-state index in [1.54, 1.807) is 17.0 Å². The lowest BCUT2D eigenvalue weighted by atomic mass is 9.97. The molecule has 2 aliphatic rings. The van der Waals surface area contributed by atoms with E-state index in [-0.39, 0.29) is 47.8 Å². The van der Waals surface area contributed by atoms with Gasteiger partial charge in [0, 0.05) is 50.9 Å². The van der Waals surface area contributed by atoms with E-state index in [1.165, 1.54) is 16.4 Å². The predicted octanol–water partition coefficient (Wildman–Crippen LogP) is 1.42. The van der Waals surface area contributed by atoms with Crippen molar-refractivity contribution in [2.24, 2.45) is 5.92 Å². The van der Waals surface area contributed by atoms with Gasteiger partial charge < -0.3 is 15.1 Å². The van der Waals surface area contributed by atoms with Gasteiger partial charge in [-0.3, -0.25) is 9.59 Å². The Labute approximate surface area is 206 Å². The van der Waals surface area contributed by atoms with Gasteiger partial charge in [-0.25, -0.2) is 8.42 Å². The Morgan fingerprint density at radius 1 is 0.914 bits per heavy atom. The number of nitrogens with one attached hydrogen (secondary N) is 1. The Kier molecular flexibility index (Phi) is 7.68. The number of hydrogen-bond acceptors (Lipinski definition) is 6. The summed E-state index contributed by atoms with van der Waals surface area (Å²) in [5, 5.41) is 12.0. The molecule has 0 aliphatic carbocycles. The van der Waals surface area contributed by atoms with Gasteiger partial charge in [0.2, 0.25) is 21.8 Å². The van der Waals surface area contributed by atoms with Crippen LogP contribution >= 0.6 is 0 Å². The first kappa shape index (κ1) is 24.7. The molecule has 0 bridgehead atoms. The van der Waals surface area contributed by atoms with Gasteiger partial charge in [-0.1, -0.05) is 30.3 Å². The van der Waals surface area contributed by atoms with E-state index < -0.39 is 10.0 Å². The van der Waals surface area contributed by atoms with Crippen LogP contribution in [0.15, 0.2) is 59.5 Å². The average Bonchev–Trinajstić information content (AvgIpc) is 2.92. The van der Waals surface area contributed by atoms with Crippen LogP contribution in [-0.2, 0) is 19.6 Å². The molecule has 0 saturated carbocycles. The number of piperidine rings is 1. The Morgan fingerprint density at radius 3 is 2.20 bits per heavy atom. The van der Waals surface area contributed by atoms with Gasteiger partial charge in [0.05, 0.1) is 17.0 Å². The van der Waals surface area contributed by atoms with E-state index in [2.05, 4.69) is 22.3 Å². The highest BCUT2D eigenvalue weighted by molar-refractivity contribution is 7.89. The van der Waals surface area contributed by atoms with Crippen molar-refractivity contribution >= 4 is 27.5 Å². The molecule has 2 aliphatic heterocycles. The Balaban J connectivity index is 1.23. The zero-order valence-electron chi connectivity index (χ0n) is 19.5. The molecule has 0 atom stereocenters. The topological polar surface area (TPSA) is 114 Å². The van der Waals surface area contributed by atoms with E-state index >= 15 is 0 Å². The zero-order valence-corrected chi connectivity index (χ0v) is 20.3. The van der Waals surface area contributed by atoms with Gasteiger partial charge in [-0.05, 0) is 37.1 Å². The lowest BCUT2D eigenvalue weighted by Crippen LogP contribution is -2.52. The maximum Gasteiger partial charge on any atom is 0.244 e. The molecule has 2 aromatic carbocycles. The number of nitriles is 1. The molecule has 1 N–H and O–H groups in total. The van der Waals surface area contributed by atoms with Crippen LogP contribution in [0, 0.1) is 17.2 Å². The summed E-state index contributed by atoms with van der Waals surface area (Å²) in [6.07, 6.45) is 0.730. The number of anilines is 1. The second kappa shape index (κ2) is 10.9. The molecule has 10 heteroatoms. The predicted molar refractivity (Wildman–Crippen MR) is 131 cm³/mol. The van der Waals surface area contributed by atoms with E-state index in [0.717, 1.165) is 18.8 Å². The number of hydrogen-bond donors (Lipinski definition) is 1. The minimum atomic E-state index is -3.80. The summed E-state index contributed by atoms with van der Waals surface area (Å²) in [4.78, 5) is 29.2. The van der Waals surface area contributed by atoms with Crippen LogP contribution in [0.25, 0.3) is 0 Å². The minimum absolute atomic E-state index is 0.0108. The zero-order chi connectivity index (χ0) is 24.8. The third-order valence-electron chi connectivity index (χ3n) is 6.62. The number of carbonyl (C=O) groups excluding carboxylic acids is 2. The number of piperazine rings is 1. The number of sulfonamides is 1. The normalized spacial score (nSPS) is 17.6. The molecule has 2 amide bonds. The van der Waals surface area contributed by atoms with Crippen molar-refractivity contribution in [1.82, 2.24) is 14.5 Å². The van der Waals surface area contributed by atoms with Gasteiger partial charge in [0.1, 0.15) is 6.07 Å². The number of amides is 2. The van der Waals surface area contributed by atoms with E-state index in [0.29, 0.717) is 25.9 Å². The Bertz CT molecular complexity index is 1200. The molecule has 184 valence electrons.